The lowest BCUT2D eigenvalue weighted by atomic mass is 10.1. The third-order valence-electron chi connectivity index (χ3n) is 4.74. The molecular formula is C27H28Br2O2. The van der Waals surface area contributed by atoms with E-state index < -0.39 is 0 Å². The highest BCUT2D eigenvalue weighted by atomic mass is 79.9. The minimum absolute atomic E-state index is 0.167. The van der Waals surface area contributed by atoms with Crippen LogP contribution in [0.3, 0.4) is 0 Å². The summed E-state index contributed by atoms with van der Waals surface area (Å²) in [5, 5.41) is 0. The molecular weight excluding hydrogens is 516 g/mol. The van der Waals surface area contributed by atoms with Gasteiger partial charge in [0, 0.05) is 12.8 Å². The van der Waals surface area contributed by atoms with Crippen LogP contribution in [0.5, 0.6) is 5.75 Å². The first-order chi connectivity index (χ1) is 15.1. The minimum Gasteiger partial charge on any atom is -0.427 e. The van der Waals surface area contributed by atoms with Gasteiger partial charge >= 0.3 is 5.97 Å². The maximum absolute atomic E-state index is 12.0. The largest absolute Gasteiger partial charge is 0.427 e. The topological polar surface area (TPSA) is 26.3 Å². The van der Waals surface area contributed by atoms with Gasteiger partial charge in [-0.1, -0.05) is 74.2 Å². The third kappa shape index (κ3) is 11.2. The Hall–Kier alpha value is -2.09. The maximum atomic E-state index is 12.0. The van der Waals surface area contributed by atoms with Crippen molar-refractivity contribution in [1.82, 2.24) is 0 Å². The third-order valence-corrected chi connectivity index (χ3v) is 5.20. The zero-order valence-corrected chi connectivity index (χ0v) is 20.8. The molecule has 0 spiro atoms. The van der Waals surface area contributed by atoms with E-state index in [1.54, 1.807) is 0 Å². The van der Waals surface area contributed by atoms with Crippen molar-refractivity contribution in [3.63, 3.8) is 0 Å². The smallest absolute Gasteiger partial charge is 0.311 e. The number of carbonyl (C=O) groups is 1. The molecule has 0 unspecified atom stereocenters. The zero-order chi connectivity index (χ0) is 22.3. The van der Waals surface area contributed by atoms with E-state index in [1.165, 1.54) is 12.8 Å². The first kappa shape index (κ1) is 25.2. The normalized spacial score (nSPS) is 10.6. The molecule has 2 aromatic carbocycles. The van der Waals surface area contributed by atoms with Crippen LogP contribution in [0.4, 0.5) is 0 Å². The van der Waals surface area contributed by atoms with Gasteiger partial charge in [-0.25, -0.2) is 0 Å². The number of benzene rings is 2. The number of esters is 1. The molecule has 0 atom stereocenters. The van der Waals surface area contributed by atoms with E-state index in [-0.39, 0.29) is 5.97 Å². The Labute approximate surface area is 203 Å². The Balaban J connectivity index is 1.71. The predicted octanol–water partition coefficient (Wildman–Crippen LogP) is 8.60. The maximum Gasteiger partial charge on any atom is 0.311 e. The van der Waals surface area contributed by atoms with Crippen molar-refractivity contribution in [2.75, 3.05) is 0 Å². The fourth-order valence-corrected chi connectivity index (χ4v) is 3.58. The number of ether oxygens (including phenoxy) is 1. The molecule has 0 aliphatic carbocycles. The van der Waals surface area contributed by atoms with Gasteiger partial charge in [0.15, 0.2) is 0 Å². The molecule has 2 rings (SSSR count). The van der Waals surface area contributed by atoms with E-state index in [2.05, 4.69) is 68.1 Å². The van der Waals surface area contributed by atoms with Gasteiger partial charge in [-0.3, -0.25) is 4.79 Å². The van der Waals surface area contributed by atoms with Crippen molar-refractivity contribution in [2.24, 2.45) is 0 Å². The monoisotopic (exact) mass is 542 g/mol. The van der Waals surface area contributed by atoms with Crippen molar-refractivity contribution >= 4 is 56.1 Å². The van der Waals surface area contributed by atoms with Gasteiger partial charge in [-0.15, -0.1) is 12.3 Å². The Morgan fingerprint density at radius 1 is 0.806 bits per heavy atom. The quantitative estimate of drug-likeness (QED) is 0.0880. The van der Waals surface area contributed by atoms with Gasteiger partial charge in [0.05, 0.1) is 3.39 Å². The molecule has 0 aliphatic heterocycles. The molecule has 4 heteroatoms. The second-order valence-electron chi connectivity index (χ2n) is 7.30. The average molecular weight is 544 g/mol. The van der Waals surface area contributed by atoms with Crippen LogP contribution in [0.2, 0.25) is 0 Å². The van der Waals surface area contributed by atoms with Gasteiger partial charge in [0.2, 0.25) is 0 Å². The minimum atomic E-state index is -0.167. The van der Waals surface area contributed by atoms with Gasteiger partial charge < -0.3 is 4.74 Å². The van der Waals surface area contributed by atoms with Crippen molar-refractivity contribution in [1.29, 1.82) is 0 Å². The highest BCUT2D eigenvalue weighted by molar-refractivity contribution is 9.28. The summed E-state index contributed by atoms with van der Waals surface area (Å²) in [5.41, 5.74) is 3.29. The summed E-state index contributed by atoms with van der Waals surface area (Å²) < 4.78 is 6.35. The van der Waals surface area contributed by atoms with E-state index >= 15 is 0 Å². The first-order valence-electron chi connectivity index (χ1n) is 10.6. The molecule has 0 fully saturated rings. The summed E-state index contributed by atoms with van der Waals surface area (Å²) in [6, 6.07) is 15.8. The number of unbranched alkanes of at least 4 members (excludes halogenated alkanes) is 6. The molecule has 0 aliphatic rings. The Bertz CT molecular complexity index is 900. The number of terminal acetylenes is 1. The van der Waals surface area contributed by atoms with Crippen LogP contribution in [0.25, 0.3) is 18.2 Å². The van der Waals surface area contributed by atoms with E-state index in [0.717, 1.165) is 52.2 Å². The van der Waals surface area contributed by atoms with Gasteiger partial charge in [0.25, 0.3) is 0 Å². The fourth-order valence-electron chi connectivity index (χ4n) is 3.05. The summed E-state index contributed by atoms with van der Waals surface area (Å²) in [4.78, 5) is 12.0. The Morgan fingerprint density at radius 3 is 1.90 bits per heavy atom. The van der Waals surface area contributed by atoms with E-state index in [0.29, 0.717) is 12.2 Å². The fraction of sp³-hybridized carbons (Fsp3) is 0.296. The standard InChI is InChI=1S/C27H28Br2O2/c1-2-3-4-5-6-7-8-9-10-27(30)31-25-19-17-23(18-20-25)12-11-22-13-15-24(16-14-22)21-26(28)29/h1,11-21H,3-10H2/b12-11+. The average Bonchev–Trinajstić information content (AvgIpc) is 2.76. The van der Waals surface area contributed by atoms with Crippen LogP contribution in [0.1, 0.15) is 68.1 Å². The summed E-state index contributed by atoms with van der Waals surface area (Å²) >= 11 is 6.73. The van der Waals surface area contributed by atoms with Crippen LogP contribution in [0.15, 0.2) is 51.9 Å². The van der Waals surface area contributed by atoms with Gasteiger partial charge in [0.1, 0.15) is 5.75 Å². The molecule has 0 radical (unpaired) electrons. The van der Waals surface area contributed by atoms with Gasteiger partial charge in [-0.05, 0) is 79.6 Å². The zero-order valence-electron chi connectivity index (χ0n) is 17.7. The first-order valence-corrected chi connectivity index (χ1v) is 12.2. The Kier molecular flexibility index (Phi) is 12.0. The molecule has 0 heterocycles. The van der Waals surface area contributed by atoms with Crippen molar-refractivity contribution in [3.05, 3.63) is 68.6 Å². The highest BCUT2D eigenvalue weighted by Gasteiger charge is 2.04. The molecule has 0 saturated heterocycles. The Morgan fingerprint density at radius 2 is 1.32 bits per heavy atom. The molecule has 0 N–H and O–H groups in total. The molecule has 2 nitrogen and oxygen atoms in total. The molecule has 2 aromatic rings. The van der Waals surface area contributed by atoms with Crippen LogP contribution in [-0.2, 0) is 4.79 Å². The second-order valence-corrected chi connectivity index (χ2v) is 10.1. The highest BCUT2D eigenvalue weighted by Crippen LogP contribution is 2.19. The van der Waals surface area contributed by atoms with Crippen LogP contribution in [-0.4, -0.2) is 5.97 Å². The SMILES string of the molecule is C#CCCCCCCCCC(=O)Oc1ccc(/C=C/c2ccc(C=C(Br)Br)cc2)cc1. The second kappa shape index (κ2) is 14.8. The molecule has 31 heavy (non-hydrogen) atoms. The number of halogens is 2. The van der Waals surface area contributed by atoms with Gasteiger partial charge in [-0.2, -0.15) is 0 Å². The van der Waals surface area contributed by atoms with Crippen molar-refractivity contribution in [3.8, 4) is 18.1 Å². The lowest BCUT2D eigenvalue weighted by Gasteiger charge is -2.05. The lowest BCUT2D eigenvalue weighted by Crippen LogP contribution is -2.07. The van der Waals surface area contributed by atoms with Crippen LogP contribution in [0, 0.1) is 12.3 Å². The predicted molar refractivity (Wildman–Crippen MR) is 139 cm³/mol. The molecule has 0 aromatic heterocycles. The lowest BCUT2D eigenvalue weighted by molar-refractivity contribution is -0.134. The number of carbonyl (C=O) groups excluding carboxylic acids is 1. The van der Waals surface area contributed by atoms with Crippen LogP contribution >= 0.6 is 31.9 Å². The van der Waals surface area contributed by atoms with Crippen molar-refractivity contribution < 1.29 is 9.53 Å². The van der Waals surface area contributed by atoms with E-state index in [9.17, 15) is 4.79 Å². The molecule has 0 amide bonds. The summed E-state index contributed by atoms with van der Waals surface area (Å²) in [6.07, 6.45) is 19.2. The number of hydrogen-bond donors (Lipinski definition) is 0. The number of hydrogen-bond acceptors (Lipinski definition) is 2. The summed E-state index contributed by atoms with van der Waals surface area (Å²) in [7, 11) is 0. The molecule has 162 valence electrons. The van der Waals surface area contributed by atoms with Crippen molar-refractivity contribution in [2.45, 2.75) is 51.4 Å². The summed E-state index contributed by atoms with van der Waals surface area (Å²) in [6.45, 7) is 0. The van der Waals surface area contributed by atoms with E-state index in [1.807, 2.05) is 36.4 Å². The molecule has 0 bridgehead atoms. The summed E-state index contributed by atoms with van der Waals surface area (Å²) in [5.74, 6) is 3.09. The van der Waals surface area contributed by atoms with Crippen LogP contribution < -0.4 is 4.74 Å². The van der Waals surface area contributed by atoms with E-state index in [4.69, 9.17) is 11.2 Å². The number of rotatable bonds is 12. The molecule has 0 saturated carbocycles.